The van der Waals surface area contributed by atoms with Crippen molar-refractivity contribution in [1.29, 1.82) is 0 Å². The van der Waals surface area contributed by atoms with Crippen molar-refractivity contribution in [3.05, 3.63) is 59.4 Å². The van der Waals surface area contributed by atoms with Crippen LogP contribution in [-0.4, -0.2) is 13.2 Å². The number of halogens is 1. The summed E-state index contributed by atoms with van der Waals surface area (Å²) in [5, 5.41) is 0. The zero-order chi connectivity index (χ0) is 15.2. The zero-order valence-corrected chi connectivity index (χ0v) is 12.3. The molecule has 3 nitrogen and oxygen atoms in total. The highest BCUT2D eigenvalue weighted by Gasteiger charge is 2.12. The molecule has 2 N–H and O–H groups in total. The van der Waals surface area contributed by atoms with Gasteiger partial charge in [0.05, 0.1) is 12.6 Å². The minimum absolute atomic E-state index is 0.242. The first kappa shape index (κ1) is 15.3. The van der Waals surface area contributed by atoms with E-state index in [4.69, 9.17) is 15.2 Å². The van der Waals surface area contributed by atoms with Gasteiger partial charge in [0, 0.05) is 5.56 Å². The summed E-state index contributed by atoms with van der Waals surface area (Å²) in [7, 11) is 0. The van der Waals surface area contributed by atoms with E-state index in [1.165, 1.54) is 6.07 Å². The predicted molar refractivity (Wildman–Crippen MR) is 81.2 cm³/mol. The highest BCUT2D eigenvalue weighted by atomic mass is 19.1. The smallest absolute Gasteiger partial charge is 0.126 e. The van der Waals surface area contributed by atoms with Gasteiger partial charge >= 0.3 is 0 Å². The lowest BCUT2D eigenvalue weighted by Gasteiger charge is -2.17. The summed E-state index contributed by atoms with van der Waals surface area (Å²) in [4.78, 5) is 0. The van der Waals surface area contributed by atoms with Crippen LogP contribution in [0.1, 0.15) is 24.1 Å². The Kier molecular flexibility index (Phi) is 5.17. The zero-order valence-electron chi connectivity index (χ0n) is 12.3. The van der Waals surface area contributed by atoms with Crippen LogP contribution < -0.4 is 15.2 Å². The molecule has 0 amide bonds. The molecule has 0 saturated carbocycles. The van der Waals surface area contributed by atoms with E-state index in [2.05, 4.69) is 0 Å². The number of hydrogen-bond donors (Lipinski definition) is 1. The molecule has 112 valence electrons. The molecule has 21 heavy (non-hydrogen) atoms. The lowest BCUT2D eigenvalue weighted by atomic mass is 10.1. The van der Waals surface area contributed by atoms with E-state index in [0.29, 0.717) is 24.5 Å². The Labute approximate surface area is 124 Å². The monoisotopic (exact) mass is 289 g/mol. The Morgan fingerprint density at radius 3 is 2.62 bits per heavy atom. The summed E-state index contributed by atoms with van der Waals surface area (Å²) in [6, 6.07) is 12.0. The van der Waals surface area contributed by atoms with Crippen LogP contribution in [0.3, 0.4) is 0 Å². The first-order valence-corrected chi connectivity index (χ1v) is 6.98. The molecular formula is C17H20FNO2. The predicted octanol–water partition coefficient (Wildman–Crippen LogP) is 3.61. The third kappa shape index (κ3) is 3.95. The third-order valence-corrected chi connectivity index (χ3v) is 3.18. The molecule has 0 bridgehead atoms. The fourth-order valence-corrected chi connectivity index (χ4v) is 2.06. The fourth-order valence-electron chi connectivity index (χ4n) is 2.06. The van der Waals surface area contributed by atoms with Crippen molar-refractivity contribution in [2.45, 2.75) is 19.9 Å². The van der Waals surface area contributed by atoms with Crippen LogP contribution in [0.15, 0.2) is 42.5 Å². The van der Waals surface area contributed by atoms with E-state index >= 15 is 0 Å². The molecule has 0 radical (unpaired) electrons. The topological polar surface area (TPSA) is 44.5 Å². The standard InChI is InChI=1S/C17H20FNO2/c1-3-20-17-7-5-4-6-14(17)16(19)11-21-13-8-9-15(18)12(2)10-13/h4-10,16H,3,11,19H2,1-2H3. The molecule has 0 saturated heterocycles. The molecular weight excluding hydrogens is 269 g/mol. The van der Waals surface area contributed by atoms with Crippen molar-refractivity contribution in [3.8, 4) is 11.5 Å². The van der Waals surface area contributed by atoms with Crippen molar-refractivity contribution < 1.29 is 13.9 Å². The Morgan fingerprint density at radius 1 is 1.14 bits per heavy atom. The van der Waals surface area contributed by atoms with Crippen LogP contribution in [0.4, 0.5) is 4.39 Å². The molecule has 0 fully saturated rings. The van der Waals surface area contributed by atoms with E-state index in [0.717, 1.165) is 11.3 Å². The second-order valence-corrected chi connectivity index (χ2v) is 4.80. The maximum Gasteiger partial charge on any atom is 0.126 e. The molecule has 0 heterocycles. The normalized spacial score (nSPS) is 12.0. The molecule has 2 rings (SSSR count). The molecule has 1 unspecified atom stereocenters. The van der Waals surface area contributed by atoms with Crippen LogP contribution in [0.2, 0.25) is 0 Å². The molecule has 0 aliphatic carbocycles. The van der Waals surface area contributed by atoms with E-state index in [9.17, 15) is 4.39 Å². The van der Waals surface area contributed by atoms with Crippen molar-refractivity contribution in [1.82, 2.24) is 0 Å². The number of nitrogens with two attached hydrogens (primary N) is 1. The molecule has 2 aromatic rings. The summed E-state index contributed by atoms with van der Waals surface area (Å²) >= 11 is 0. The maximum atomic E-state index is 13.2. The SMILES string of the molecule is CCOc1ccccc1C(N)COc1ccc(F)c(C)c1. The minimum atomic E-state index is -0.307. The Morgan fingerprint density at radius 2 is 1.90 bits per heavy atom. The number of benzene rings is 2. The average molecular weight is 289 g/mol. The van der Waals surface area contributed by atoms with Crippen molar-refractivity contribution >= 4 is 0 Å². The highest BCUT2D eigenvalue weighted by molar-refractivity contribution is 5.36. The van der Waals surface area contributed by atoms with Crippen LogP contribution in [0.5, 0.6) is 11.5 Å². The van der Waals surface area contributed by atoms with E-state index in [-0.39, 0.29) is 11.9 Å². The second kappa shape index (κ2) is 7.09. The molecule has 0 aromatic heterocycles. The molecule has 0 aliphatic rings. The van der Waals surface area contributed by atoms with Gasteiger partial charge in [-0.25, -0.2) is 4.39 Å². The van der Waals surface area contributed by atoms with Crippen LogP contribution >= 0.6 is 0 Å². The number of hydrogen-bond acceptors (Lipinski definition) is 3. The summed E-state index contributed by atoms with van der Waals surface area (Å²) in [5.74, 6) is 1.14. The summed E-state index contributed by atoms with van der Waals surface area (Å²) in [5.41, 5.74) is 7.62. The van der Waals surface area contributed by atoms with Gasteiger partial charge in [-0.3, -0.25) is 0 Å². The van der Waals surface area contributed by atoms with Gasteiger partial charge in [-0.2, -0.15) is 0 Å². The maximum absolute atomic E-state index is 13.2. The number of ether oxygens (including phenoxy) is 2. The Balaban J connectivity index is 2.04. The quantitative estimate of drug-likeness (QED) is 0.883. The lowest BCUT2D eigenvalue weighted by Crippen LogP contribution is -2.20. The van der Waals surface area contributed by atoms with Gasteiger partial charge < -0.3 is 15.2 Å². The summed E-state index contributed by atoms with van der Waals surface area (Å²) < 4.78 is 24.4. The number of para-hydroxylation sites is 1. The van der Waals surface area contributed by atoms with Gasteiger partial charge in [-0.15, -0.1) is 0 Å². The molecule has 2 aromatic carbocycles. The van der Waals surface area contributed by atoms with Crippen molar-refractivity contribution in [2.75, 3.05) is 13.2 Å². The van der Waals surface area contributed by atoms with Gasteiger partial charge in [0.1, 0.15) is 23.9 Å². The molecule has 0 aliphatic heterocycles. The van der Waals surface area contributed by atoms with Crippen molar-refractivity contribution in [2.24, 2.45) is 5.73 Å². The molecule has 0 spiro atoms. The molecule has 4 heteroatoms. The van der Waals surface area contributed by atoms with Gasteiger partial charge in [-0.05, 0) is 43.7 Å². The largest absolute Gasteiger partial charge is 0.494 e. The van der Waals surface area contributed by atoms with E-state index in [1.807, 2.05) is 31.2 Å². The molecule has 1 atom stereocenters. The first-order valence-electron chi connectivity index (χ1n) is 6.98. The third-order valence-electron chi connectivity index (χ3n) is 3.18. The van der Waals surface area contributed by atoms with Crippen LogP contribution in [0, 0.1) is 12.7 Å². The van der Waals surface area contributed by atoms with Crippen LogP contribution in [0.25, 0.3) is 0 Å². The van der Waals surface area contributed by atoms with E-state index in [1.54, 1.807) is 19.1 Å². The highest BCUT2D eigenvalue weighted by Crippen LogP contribution is 2.25. The second-order valence-electron chi connectivity index (χ2n) is 4.80. The Hall–Kier alpha value is -2.07. The first-order chi connectivity index (χ1) is 10.1. The van der Waals surface area contributed by atoms with Crippen molar-refractivity contribution in [3.63, 3.8) is 0 Å². The van der Waals surface area contributed by atoms with Crippen LogP contribution in [-0.2, 0) is 0 Å². The van der Waals surface area contributed by atoms with Gasteiger partial charge in [0.25, 0.3) is 0 Å². The van der Waals surface area contributed by atoms with Gasteiger partial charge in [-0.1, -0.05) is 18.2 Å². The number of rotatable bonds is 6. The minimum Gasteiger partial charge on any atom is -0.494 e. The Bertz CT molecular complexity index is 601. The average Bonchev–Trinajstić information content (AvgIpc) is 2.49. The fraction of sp³-hybridized carbons (Fsp3) is 0.294. The summed E-state index contributed by atoms with van der Waals surface area (Å²) in [6.07, 6.45) is 0. The van der Waals surface area contributed by atoms with E-state index < -0.39 is 0 Å². The van der Waals surface area contributed by atoms with Gasteiger partial charge in [0.15, 0.2) is 0 Å². The number of aryl methyl sites for hydroxylation is 1. The lowest BCUT2D eigenvalue weighted by molar-refractivity contribution is 0.281. The summed E-state index contributed by atoms with van der Waals surface area (Å²) in [6.45, 7) is 4.52. The van der Waals surface area contributed by atoms with Gasteiger partial charge in [0.2, 0.25) is 0 Å².